The molecule has 1 fully saturated rings. The number of aryl methyl sites for hydroxylation is 1. The maximum Gasteiger partial charge on any atom is 0.194 e. The van der Waals surface area contributed by atoms with Crippen molar-refractivity contribution < 1.29 is 18.0 Å². The number of ketones is 1. The molecule has 1 saturated heterocycles. The minimum Gasteiger partial charge on any atom is -0.293 e. The number of carbonyl (C=O) groups is 1. The van der Waals surface area contributed by atoms with Gasteiger partial charge in [-0.05, 0) is 43.9 Å². The largest absolute Gasteiger partial charge is 0.293 e. The number of halogens is 3. The molecule has 0 N–H and O–H groups in total. The molecule has 0 saturated carbocycles. The molecule has 0 radical (unpaired) electrons. The summed E-state index contributed by atoms with van der Waals surface area (Å²) in [5, 5.41) is 12.3. The Labute approximate surface area is 204 Å². The normalized spacial score (nSPS) is 19.3. The van der Waals surface area contributed by atoms with Crippen LogP contribution >= 0.6 is 0 Å². The number of hydrogen-bond acceptors (Lipinski definition) is 6. The van der Waals surface area contributed by atoms with E-state index in [2.05, 4.69) is 20.1 Å². The van der Waals surface area contributed by atoms with Crippen LogP contribution in [-0.4, -0.2) is 52.8 Å². The molecule has 2 aliphatic heterocycles. The molecular formula is C25H22F3N7O. The molecule has 2 aliphatic rings. The van der Waals surface area contributed by atoms with Crippen LogP contribution in [0.3, 0.4) is 0 Å². The molecule has 184 valence electrons. The first-order chi connectivity index (χ1) is 17.4. The van der Waals surface area contributed by atoms with Crippen molar-refractivity contribution in [3.8, 4) is 16.9 Å². The lowest BCUT2D eigenvalue weighted by Gasteiger charge is -2.45. The molecular weight excluding hydrogens is 471 g/mol. The van der Waals surface area contributed by atoms with E-state index in [1.54, 1.807) is 47.4 Å². The summed E-state index contributed by atoms with van der Waals surface area (Å²) in [4.78, 5) is 19.7. The van der Waals surface area contributed by atoms with E-state index in [1.807, 2.05) is 0 Å². The van der Waals surface area contributed by atoms with Gasteiger partial charge in [0.05, 0.1) is 35.9 Å². The van der Waals surface area contributed by atoms with Gasteiger partial charge >= 0.3 is 0 Å². The molecule has 1 aromatic carbocycles. The van der Waals surface area contributed by atoms with E-state index in [0.29, 0.717) is 23.4 Å². The Balaban J connectivity index is 1.32. The smallest absolute Gasteiger partial charge is 0.194 e. The third-order valence-corrected chi connectivity index (χ3v) is 7.16. The average Bonchev–Trinajstić information content (AvgIpc) is 3.51. The van der Waals surface area contributed by atoms with Gasteiger partial charge in [0.2, 0.25) is 0 Å². The molecule has 3 aromatic heterocycles. The van der Waals surface area contributed by atoms with Crippen LogP contribution in [0.2, 0.25) is 0 Å². The Kier molecular flexibility index (Phi) is 5.44. The number of piperidine rings is 1. The Morgan fingerprint density at radius 1 is 1.06 bits per heavy atom. The molecule has 8 nitrogen and oxygen atoms in total. The molecule has 11 heteroatoms. The number of rotatable bonds is 5. The van der Waals surface area contributed by atoms with Gasteiger partial charge in [-0.15, -0.1) is 10.2 Å². The summed E-state index contributed by atoms with van der Waals surface area (Å²) in [5.74, 6) is -4.01. The van der Waals surface area contributed by atoms with E-state index < -0.39 is 17.5 Å². The number of aromatic nitrogens is 6. The molecule has 0 spiro atoms. The summed E-state index contributed by atoms with van der Waals surface area (Å²) in [6, 6.07) is 3.77. The number of pyridine rings is 1. The fraction of sp³-hybridized carbons (Fsp3) is 0.320. The number of benzene rings is 1. The van der Waals surface area contributed by atoms with Crippen LogP contribution < -0.4 is 0 Å². The Bertz CT molecular complexity index is 1440. The third kappa shape index (κ3) is 3.70. The van der Waals surface area contributed by atoms with Crippen LogP contribution in [0, 0.1) is 17.5 Å². The van der Waals surface area contributed by atoms with Crippen LogP contribution in [-0.2, 0) is 13.5 Å². The number of hydrogen-bond donors (Lipinski definition) is 0. The van der Waals surface area contributed by atoms with E-state index in [9.17, 15) is 18.0 Å². The summed E-state index contributed by atoms with van der Waals surface area (Å²) in [6.45, 7) is 0.202. The minimum absolute atomic E-state index is 0.0587. The van der Waals surface area contributed by atoms with Crippen molar-refractivity contribution in [1.29, 1.82) is 0 Å². The molecule has 2 bridgehead atoms. The molecule has 36 heavy (non-hydrogen) atoms. The first-order valence-electron chi connectivity index (χ1n) is 11.7. The molecule has 6 rings (SSSR count). The van der Waals surface area contributed by atoms with Gasteiger partial charge in [-0.2, -0.15) is 5.10 Å². The third-order valence-electron chi connectivity index (χ3n) is 7.16. The zero-order valence-corrected chi connectivity index (χ0v) is 19.4. The minimum atomic E-state index is -1.49. The van der Waals surface area contributed by atoms with Gasteiger partial charge in [-0.3, -0.25) is 23.9 Å². The van der Waals surface area contributed by atoms with Crippen molar-refractivity contribution in [2.45, 2.75) is 37.8 Å². The molecule has 2 atom stereocenters. The molecule has 0 unspecified atom stereocenters. The van der Waals surface area contributed by atoms with E-state index in [-0.39, 0.29) is 30.0 Å². The van der Waals surface area contributed by atoms with Crippen LogP contribution in [0.4, 0.5) is 13.2 Å². The van der Waals surface area contributed by atoms with E-state index in [1.165, 1.54) is 0 Å². The second kappa shape index (κ2) is 8.66. The first-order valence-corrected chi connectivity index (χ1v) is 11.7. The van der Waals surface area contributed by atoms with Gasteiger partial charge in [0.15, 0.2) is 23.2 Å². The highest BCUT2D eigenvalue weighted by atomic mass is 19.2. The zero-order chi connectivity index (χ0) is 25.0. The maximum atomic E-state index is 14.0. The Morgan fingerprint density at radius 2 is 1.81 bits per heavy atom. The number of nitrogens with zero attached hydrogens (tertiary/aromatic N) is 7. The summed E-state index contributed by atoms with van der Waals surface area (Å²) < 4.78 is 44.9. The van der Waals surface area contributed by atoms with Gasteiger partial charge in [0.25, 0.3) is 0 Å². The lowest BCUT2D eigenvalue weighted by molar-refractivity contribution is 0.0562. The quantitative estimate of drug-likeness (QED) is 0.311. The van der Waals surface area contributed by atoms with Crippen molar-refractivity contribution in [3.05, 3.63) is 77.5 Å². The summed E-state index contributed by atoms with van der Waals surface area (Å²) in [5.41, 5.74) is 3.72. The van der Waals surface area contributed by atoms with Crippen molar-refractivity contribution in [2.24, 2.45) is 7.05 Å². The molecule has 5 heterocycles. The molecule has 4 aromatic rings. The van der Waals surface area contributed by atoms with E-state index >= 15 is 0 Å². The Morgan fingerprint density at radius 3 is 2.56 bits per heavy atom. The number of carbonyl (C=O) groups excluding carboxylic acids is 1. The lowest BCUT2D eigenvalue weighted by Crippen LogP contribution is -2.48. The van der Waals surface area contributed by atoms with Crippen molar-refractivity contribution in [2.75, 3.05) is 6.54 Å². The van der Waals surface area contributed by atoms with Gasteiger partial charge in [0.1, 0.15) is 12.7 Å². The lowest BCUT2D eigenvalue weighted by atomic mass is 9.81. The summed E-state index contributed by atoms with van der Waals surface area (Å²) in [7, 11) is 1.72. The molecule has 0 amide bonds. The van der Waals surface area contributed by atoms with Crippen LogP contribution in [0.15, 0.2) is 43.2 Å². The van der Waals surface area contributed by atoms with Crippen molar-refractivity contribution in [3.63, 3.8) is 0 Å². The Hall–Kier alpha value is -3.86. The zero-order valence-electron chi connectivity index (χ0n) is 19.4. The molecule has 0 aliphatic carbocycles. The second-order valence-corrected chi connectivity index (χ2v) is 9.29. The van der Waals surface area contributed by atoms with Crippen LogP contribution in [0.5, 0.6) is 0 Å². The average molecular weight is 493 g/mol. The highest BCUT2D eigenvalue weighted by Gasteiger charge is 2.41. The topological polar surface area (TPSA) is 81.7 Å². The van der Waals surface area contributed by atoms with Crippen LogP contribution in [0.25, 0.3) is 16.9 Å². The summed E-state index contributed by atoms with van der Waals surface area (Å²) in [6.07, 6.45) is 9.56. The van der Waals surface area contributed by atoms with Crippen LogP contribution in [0.1, 0.15) is 46.9 Å². The summed E-state index contributed by atoms with van der Waals surface area (Å²) >= 11 is 0. The highest BCUT2D eigenvalue weighted by Crippen LogP contribution is 2.44. The van der Waals surface area contributed by atoms with E-state index in [4.69, 9.17) is 5.10 Å². The SMILES string of the molecule is Cn1nc2c(c1-c1cc(F)c(F)c(F)c1)C[C@@H]1CCC[C@H]2N1CC(=O)c1cncc(-n2cnnc2)c1. The standard InChI is InChI=1S/C25H22F3N7O/c1-33-25(14-6-19(26)23(28)20(27)7-14)18-8-16-3-2-4-21(24(18)32-33)35(16)11-22(36)15-5-17(10-29-9-15)34-12-30-31-13-34/h5-7,9-10,12-13,16,21H,2-4,8,11H2,1H3/t16-,21+/m0/s1. The van der Waals surface area contributed by atoms with E-state index in [0.717, 1.165) is 42.7 Å². The monoisotopic (exact) mass is 493 g/mol. The first kappa shape index (κ1) is 22.6. The van der Waals surface area contributed by atoms with Gasteiger partial charge in [0, 0.05) is 36.0 Å². The predicted octanol–water partition coefficient (Wildman–Crippen LogP) is 3.81. The highest BCUT2D eigenvalue weighted by molar-refractivity contribution is 5.97. The maximum absolute atomic E-state index is 14.0. The number of fused-ring (bicyclic) bond motifs is 4. The second-order valence-electron chi connectivity index (χ2n) is 9.29. The van der Waals surface area contributed by atoms with Gasteiger partial charge in [-0.25, -0.2) is 13.2 Å². The predicted molar refractivity (Wildman–Crippen MR) is 123 cm³/mol. The fourth-order valence-electron chi connectivity index (χ4n) is 5.54. The van der Waals surface area contributed by atoms with Gasteiger partial charge in [-0.1, -0.05) is 0 Å². The number of Topliss-reactive ketones (excluding diaryl/α,β-unsaturated/α-hetero) is 1. The van der Waals surface area contributed by atoms with Crippen molar-refractivity contribution >= 4 is 5.78 Å². The van der Waals surface area contributed by atoms with Gasteiger partial charge < -0.3 is 0 Å². The fourth-order valence-corrected chi connectivity index (χ4v) is 5.54. The van der Waals surface area contributed by atoms with Crippen molar-refractivity contribution in [1.82, 2.24) is 34.4 Å².